The zero-order valence-corrected chi connectivity index (χ0v) is 19.2. The van der Waals surface area contributed by atoms with Crippen LogP contribution in [-0.2, 0) is 4.74 Å². The number of urea groups is 1. The zero-order chi connectivity index (χ0) is 25.9. The highest BCUT2D eigenvalue weighted by Crippen LogP contribution is 2.23. The number of hydrogen-bond donors (Lipinski definition) is 2. The Hall–Kier alpha value is -4.58. The van der Waals surface area contributed by atoms with Crippen molar-refractivity contribution in [2.75, 3.05) is 41.8 Å². The van der Waals surface area contributed by atoms with Crippen LogP contribution in [-0.4, -0.2) is 53.1 Å². The van der Waals surface area contributed by atoms with Gasteiger partial charge in [0.25, 0.3) is 0 Å². The van der Waals surface area contributed by atoms with Gasteiger partial charge in [-0.3, -0.25) is 9.78 Å². The second kappa shape index (κ2) is 10.2. The lowest BCUT2D eigenvalue weighted by Gasteiger charge is -2.27. The lowest BCUT2D eigenvalue weighted by molar-refractivity contribution is 0.102. The van der Waals surface area contributed by atoms with E-state index in [1.54, 1.807) is 6.20 Å². The molecule has 0 bridgehead atoms. The number of carbonyl (C=O) groups is 2. The van der Waals surface area contributed by atoms with Crippen molar-refractivity contribution >= 4 is 40.0 Å². The SMILES string of the molecule is O=C(Nc1ccc(F)cc1)Nc1cc(F)c(F)c(C(=O)c2cc3nc(N4CCOCC4)cnc3cn2)c1. The first-order valence-corrected chi connectivity index (χ1v) is 11.2. The van der Waals surface area contributed by atoms with Gasteiger partial charge in [-0.05, 0) is 36.4 Å². The molecule has 1 aliphatic rings. The lowest BCUT2D eigenvalue weighted by atomic mass is 10.1. The Labute approximate surface area is 208 Å². The number of nitrogens with one attached hydrogen (secondary N) is 2. The number of halogens is 3. The third kappa shape index (κ3) is 5.33. The van der Waals surface area contributed by atoms with Crippen LogP contribution in [0.3, 0.4) is 0 Å². The van der Waals surface area contributed by atoms with Crippen molar-refractivity contribution < 1.29 is 27.5 Å². The highest BCUT2D eigenvalue weighted by molar-refractivity contribution is 6.10. The molecule has 2 N–H and O–H groups in total. The quantitative estimate of drug-likeness (QED) is 0.390. The molecule has 4 aromatic rings. The van der Waals surface area contributed by atoms with Gasteiger partial charge in [0.05, 0.1) is 36.7 Å². The Balaban J connectivity index is 1.39. The highest BCUT2D eigenvalue weighted by atomic mass is 19.2. The third-order valence-electron chi connectivity index (χ3n) is 5.62. The van der Waals surface area contributed by atoms with E-state index in [1.165, 1.54) is 24.4 Å². The topological polar surface area (TPSA) is 109 Å². The summed E-state index contributed by atoms with van der Waals surface area (Å²) in [7, 11) is 0. The Morgan fingerprint density at radius 3 is 2.35 bits per heavy atom. The van der Waals surface area contributed by atoms with Crippen LogP contribution >= 0.6 is 0 Å². The molecule has 2 amide bonds. The highest BCUT2D eigenvalue weighted by Gasteiger charge is 2.22. The molecule has 5 rings (SSSR count). The number of nitrogens with zero attached hydrogens (tertiary/aromatic N) is 4. The van der Waals surface area contributed by atoms with Crippen LogP contribution in [0.2, 0.25) is 0 Å². The van der Waals surface area contributed by atoms with Crippen LogP contribution in [0.1, 0.15) is 16.1 Å². The first kappa shape index (κ1) is 24.1. The fourth-order valence-electron chi connectivity index (χ4n) is 3.77. The minimum atomic E-state index is -1.38. The van der Waals surface area contributed by atoms with Gasteiger partial charge in [0.2, 0.25) is 5.78 Å². The average molecular weight is 508 g/mol. The predicted molar refractivity (Wildman–Crippen MR) is 129 cm³/mol. The van der Waals surface area contributed by atoms with E-state index in [0.29, 0.717) is 43.2 Å². The van der Waals surface area contributed by atoms with E-state index in [2.05, 4.69) is 25.6 Å². The van der Waals surface area contributed by atoms with Crippen molar-refractivity contribution in [3.05, 3.63) is 83.6 Å². The molecule has 188 valence electrons. The third-order valence-corrected chi connectivity index (χ3v) is 5.62. The van der Waals surface area contributed by atoms with E-state index in [1.807, 2.05) is 4.90 Å². The number of rotatable bonds is 5. The van der Waals surface area contributed by atoms with Crippen molar-refractivity contribution in [2.45, 2.75) is 0 Å². The van der Waals surface area contributed by atoms with Crippen LogP contribution < -0.4 is 15.5 Å². The van der Waals surface area contributed by atoms with E-state index in [9.17, 15) is 22.8 Å². The minimum absolute atomic E-state index is 0.169. The number of ketones is 1. The smallest absolute Gasteiger partial charge is 0.323 e. The van der Waals surface area contributed by atoms with Crippen LogP contribution in [0.25, 0.3) is 11.0 Å². The zero-order valence-electron chi connectivity index (χ0n) is 19.2. The van der Waals surface area contributed by atoms with Crippen LogP contribution in [0.4, 0.5) is 35.2 Å². The summed E-state index contributed by atoms with van der Waals surface area (Å²) >= 11 is 0. The van der Waals surface area contributed by atoms with E-state index in [-0.39, 0.29) is 17.1 Å². The second-order valence-electron chi connectivity index (χ2n) is 8.12. The number of fused-ring (bicyclic) bond motifs is 1. The van der Waals surface area contributed by atoms with E-state index < -0.39 is 34.8 Å². The van der Waals surface area contributed by atoms with Crippen LogP contribution in [0.15, 0.2) is 54.9 Å². The van der Waals surface area contributed by atoms with Crippen molar-refractivity contribution in [3.63, 3.8) is 0 Å². The Kier molecular flexibility index (Phi) is 6.64. The number of morpholine rings is 1. The summed E-state index contributed by atoms with van der Waals surface area (Å²) in [5, 5.41) is 4.76. The maximum absolute atomic E-state index is 14.6. The molecule has 0 unspecified atom stereocenters. The first-order valence-electron chi connectivity index (χ1n) is 11.2. The van der Waals surface area contributed by atoms with Gasteiger partial charge in [0.15, 0.2) is 11.6 Å². The molecule has 2 aromatic heterocycles. The number of ether oxygens (including phenoxy) is 1. The number of pyridine rings is 1. The number of anilines is 3. The van der Waals surface area contributed by atoms with Gasteiger partial charge >= 0.3 is 6.03 Å². The fourth-order valence-corrected chi connectivity index (χ4v) is 3.77. The molecule has 1 aliphatic heterocycles. The number of benzene rings is 2. The summed E-state index contributed by atoms with van der Waals surface area (Å²) in [6, 6.07) is 7.25. The standard InChI is InChI=1S/C25H19F3N6O3/c26-14-1-3-15(4-2-14)31-25(36)32-16-9-17(23(28)18(27)10-16)24(35)20-11-19-21(12-29-20)30-13-22(33-19)34-5-7-37-8-6-34/h1-4,9-13H,5-8H2,(H2,31,32,36). The van der Waals surface area contributed by atoms with Crippen LogP contribution in [0, 0.1) is 17.5 Å². The molecule has 3 heterocycles. The van der Waals surface area contributed by atoms with Gasteiger partial charge in [-0.1, -0.05) is 0 Å². The normalized spacial score (nSPS) is 13.4. The number of carbonyl (C=O) groups excluding carboxylic acids is 2. The van der Waals surface area contributed by atoms with Gasteiger partial charge in [-0.15, -0.1) is 0 Å². The minimum Gasteiger partial charge on any atom is -0.378 e. The van der Waals surface area contributed by atoms with E-state index >= 15 is 0 Å². The molecule has 0 aliphatic carbocycles. The molecule has 1 saturated heterocycles. The maximum atomic E-state index is 14.6. The van der Waals surface area contributed by atoms with Gasteiger partial charge < -0.3 is 20.3 Å². The van der Waals surface area contributed by atoms with Gasteiger partial charge in [-0.2, -0.15) is 0 Å². The molecular formula is C25H19F3N6O3. The number of amides is 2. The number of aromatic nitrogens is 3. The Bertz CT molecular complexity index is 1490. The van der Waals surface area contributed by atoms with Crippen molar-refractivity contribution in [1.82, 2.24) is 15.0 Å². The summed E-state index contributed by atoms with van der Waals surface area (Å²) in [4.78, 5) is 40.3. The van der Waals surface area contributed by atoms with Gasteiger partial charge in [-0.25, -0.2) is 27.9 Å². The molecule has 9 nitrogen and oxygen atoms in total. The molecule has 2 aromatic carbocycles. The van der Waals surface area contributed by atoms with Crippen molar-refractivity contribution in [2.24, 2.45) is 0 Å². The number of hydrogen-bond acceptors (Lipinski definition) is 7. The fraction of sp³-hybridized carbons (Fsp3) is 0.160. The maximum Gasteiger partial charge on any atom is 0.323 e. The summed E-state index contributed by atoms with van der Waals surface area (Å²) < 4.78 is 47.4. The summed E-state index contributed by atoms with van der Waals surface area (Å²) in [5.41, 5.74) is 0.0883. The molecule has 0 spiro atoms. The predicted octanol–water partition coefficient (Wildman–Crippen LogP) is 4.15. The summed E-state index contributed by atoms with van der Waals surface area (Å²) in [6.45, 7) is 2.38. The molecule has 37 heavy (non-hydrogen) atoms. The average Bonchev–Trinajstić information content (AvgIpc) is 2.91. The first-order chi connectivity index (χ1) is 17.9. The molecule has 0 radical (unpaired) electrons. The second-order valence-corrected chi connectivity index (χ2v) is 8.12. The molecule has 12 heteroatoms. The van der Waals surface area contributed by atoms with Crippen LogP contribution in [0.5, 0.6) is 0 Å². The van der Waals surface area contributed by atoms with Crippen molar-refractivity contribution in [3.8, 4) is 0 Å². The van der Waals surface area contributed by atoms with E-state index in [0.717, 1.165) is 24.3 Å². The molecule has 0 atom stereocenters. The monoisotopic (exact) mass is 508 g/mol. The molecule has 1 fully saturated rings. The molecular weight excluding hydrogens is 489 g/mol. The van der Waals surface area contributed by atoms with Gasteiger partial charge in [0.1, 0.15) is 22.8 Å². The summed E-state index contributed by atoms with van der Waals surface area (Å²) in [6.07, 6.45) is 2.92. The van der Waals surface area contributed by atoms with Gasteiger partial charge in [0, 0.05) is 30.5 Å². The lowest BCUT2D eigenvalue weighted by Crippen LogP contribution is -2.36. The molecule has 0 saturated carbocycles. The van der Waals surface area contributed by atoms with E-state index in [4.69, 9.17) is 4.74 Å². The Morgan fingerprint density at radius 1 is 0.865 bits per heavy atom. The summed E-state index contributed by atoms with van der Waals surface area (Å²) in [5.74, 6) is -3.52. The van der Waals surface area contributed by atoms with Crippen molar-refractivity contribution in [1.29, 1.82) is 0 Å². The Morgan fingerprint density at radius 2 is 1.59 bits per heavy atom. The largest absolute Gasteiger partial charge is 0.378 e.